The molecule has 0 aliphatic carbocycles. The summed E-state index contributed by atoms with van der Waals surface area (Å²) >= 11 is 0. The van der Waals surface area contributed by atoms with Gasteiger partial charge in [-0.15, -0.1) is 0 Å². The monoisotopic (exact) mass is 300 g/mol. The van der Waals surface area contributed by atoms with Gasteiger partial charge in [-0.05, 0) is 31.7 Å². The number of sulfonamides is 1. The molecule has 112 valence electrons. The normalized spacial score (nSPS) is 11.1. The van der Waals surface area contributed by atoms with Crippen LogP contribution >= 0.6 is 0 Å². The molecule has 0 spiro atoms. The molecule has 1 aromatic carbocycles. The van der Waals surface area contributed by atoms with Crippen molar-refractivity contribution in [1.29, 1.82) is 0 Å². The number of hydrogen-bond donors (Lipinski definition) is 4. The van der Waals surface area contributed by atoms with Crippen molar-refractivity contribution in [2.45, 2.75) is 18.2 Å². The van der Waals surface area contributed by atoms with Crippen molar-refractivity contribution in [2.75, 3.05) is 31.2 Å². The van der Waals surface area contributed by atoms with E-state index in [1.54, 1.807) is 0 Å². The van der Waals surface area contributed by atoms with Gasteiger partial charge in [-0.3, -0.25) is 4.79 Å². The highest BCUT2D eigenvalue weighted by Gasteiger charge is 2.13. The number of hydrogen-bond acceptors (Lipinski definition) is 5. The van der Waals surface area contributed by atoms with Gasteiger partial charge in [0.1, 0.15) is 0 Å². The van der Waals surface area contributed by atoms with Crippen molar-refractivity contribution in [3.8, 4) is 0 Å². The average molecular weight is 300 g/mol. The fourth-order valence-corrected chi connectivity index (χ4v) is 2.23. The standard InChI is InChI=1S/C12H20N4O3S/c1-3-6-15-12(17)8-16-11-7-9(4-5-10(11)13)20(18,19)14-2/h4-5,7,14,16H,3,6,8,13H2,1-2H3,(H,15,17). The van der Waals surface area contributed by atoms with E-state index in [4.69, 9.17) is 5.73 Å². The minimum absolute atomic E-state index is 0.0350. The molecule has 0 heterocycles. The molecule has 0 unspecified atom stereocenters. The Morgan fingerprint density at radius 1 is 1.35 bits per heavy atom. The summed E-state index contributed by atoms with van der Waals surface area (Å²) in [6.45, 7) is 2.59. The lowest BCUT2D eigenvalue weighted by Gasteiger charge is -2.11. The predicted molar refractivity (Wildman–Crippen MR) is 78.9 cm³/mol. The zero-order chi connectivity index (χ0) is 15.2. The minimum Gasteiger partial charge on any atom is -0.397 e. The molecule has 0 aliphatic heterocycles. The van der Waals surface area contributed by atoms with Crippen LogP contribution in [0.4, 0.5) is 11.4 Å². The molecule has 1 aromatic rings. The molecular weight excluding hydrogens is 280 g/mol. The van der Waals surface area contributed by atoms with Crippen LogP contribution in [0.25, 0.3) is 0 Å². The lowest BCUT2D eigenvalue weighted by atomic mass is 10.2. The number of anilines is 2. The highest BCUT2D eigenvalue weighted by Crippen LogP contribution is 2.22. The van der Waals surface area contributed by atoms with Crippen molar-refractivity contribution >= 4 is 27.3 Å². The van der Waals surface area contributed by atoms with Gasteiger partial charge in [0, 0.05) is 6.54 Å². The maximum absolute atomic E-state index is 11.7. The van der Waals surface area contributed by atoms with Crippen LogP contribution in [-0.4, -0.2) is 34.5 Å². The third kappa shape index (κ3) is 4.39. The van der Waals surface area contributed by atoms with Crippen molar-refractivity contribution in [1.82, 2.24) is 10.0 Å². The number of carbonyl (C=O) groups excluding carboxylic acids is 1. The number of nitrogens with one attached hydrogen (secondary N) is 3. The Bertz CT molecular complexity index is 572. The summed E-state index contributed by atoms with van der Waals surface area (Å²) in [5, 5.41) is 5.53. The van der Waals surface area contributed by atoms with E-state index in [-0.39, 0.29) is 17.3 Å². The molecule has 0 bridgehead atoms. The van der Waals surface area contributed by atoms with E-state index in [9.17, 15) is 13.2 Å². The van der Waals surface area contributed by atoms with Crippen molar-refractivity contribution in [3.63, 3.8) is 0 Å². The smallest absolute Gasteiger partial charge is 0.240 e. The van der Waals surface area contributed by atoms with E-state index in [0.29, 0.717) is 17.9 Å². The third-order valence-electron chi connectivity index (χ3n) is 2.62. The molecule has 0 aromatic heterocycles. The third-order valence-corrected chi connectivity index (χ3v) is 4.03. The first-order valence-electron chi connectivity index (χ1n) is 6.24. The van der Waals surface area contributed by atoms with Gasteiger partial charge in [0.25, 0.3) is 0 Å². The van der Waals surface area contributed by atoms with Gasteiger partial charge in [0.05, 0.1) is 22.8 Å². The number of nitrogens with two attached hydrogens (primary N) is 1. The molecule has 0 fully saturated rings. The van der Waals surface area contributed by atoms with Gasteiger partial charge in [-0.2, -0.15) is 0 Å². The summed E-state index contributed by atoms with van der Waals surface area (Å²) < 4.78 is 25.6. The second kappa shape index (κ2) is 7.11. The molecular formula is C12H20N4O3S. The second-order valence-corrected chi connectivity index (χ2v) is 6.05. The van der Waals surface area contributed by atoms with Crippen LogP contribution in [0.3, 0.4) is 0 Å². The molecule has 1 rings (SSSR count). The van der Waals surface area contributed by atoms with E-state index in [1.807, 2.05) is 6.92 Å². The Kier molecular flexibility index (Phi) is 5.78. The van der Waals surface area contributed by atoms with E-state index in [0.717, 1.165) is 6.42 Å². The van der Waals surface area contributed by atoms with Gasteiger partial charge < -0.3 is 16.4 Å². The molecule has 7 nitrogen and oxygen atoms in total. The van der Waals surface area contributed by atoms with Crippen molar-refractivity contribution < 1.29 is 13.2 Å². The van der Waals surface area contributed by atoms with Gasteiger partial charge in [-0.1, -0.05) is 6.92 Å². The number of benzene rings is 1. The number of rotatable bonds is 7. The Morgan fingerprint density at radius 2 is 2.05 bits per heavy atom. The summed E-state index contributed by atoms with van der Waals surface area (Å²) in [5.41, 5.74) is 6.54. The SMILES string of the molecule is CCCNC(=O)CNc1cc(S(=O)(=O)NC)ccc1N. The number of nitrogen functional groups attached to an aromatic ring is 1. The molecule has 8 heteroatoms. The van der Waals surface area contributed by atoms with Gasteiger partial charge >= 0.3 is 0 Å². The van der Waals surface area contributed by atoms with E-state index in [2.05, 4.69) is 15.4 Å². The van der Waals surface area contributed by atoms with Crippen molar-refractivity contribution in [3.05, 3.63) is 18.2 Å². The maximum Gasteiger partial charge on any atom is 0.240 e. The quantitative estimate of drug-likeness (QED) is 0.534. The van der Waals surface area contributed by atoms with Crippen LogP contribution in [-0.2, 0) is 14.8 Å². The molecule has 0 saturated carbocycles. The first-order valence-corrected chi connectivity index (χ1v) is 7.72. The topological polar surface area (TPSA) is 113 Å². The van der Waals surface area contributed by atoms with Gasteiger partial charge in [0.2, 0.25) is 15.9 Å². The average Bonchev–Trinajstić information content (AvgIpc) is 2.43. The molecule has 0 atom stereocenters. The first kappa shape index (κ1) is 16.3. The van der Waals surface area contributed by atoms with Gasteiger partial charge in [-0.25, -0.2) is 13.1 Å². The summed E-state index contributed by atoms with van der Waals surface area (Å²) in [6, 6.07) is 4.29. The Morgan fingerprint density at radius 3 is 2.65 bits per heavy atom. The fraction of sp³-hybridized carbons (Fsp3) is 0.417. The minimum atomic E-state index is -3.54. The Labute approximate surface area is 119 Å². The van der Waals surface area contributed by atoms with E-state index < -0.39 is 10.0 Å². The maximum atomic E-state index is 11.7. The lowest BCUT2D eigenvalue weighted by Crippen LogP contribution is -2.30. The highest BCUT2D eigenvalue weighted by atomic mass is 32.2. The summed E-state index contributed by atoms with van der Waals surface area (Å²) in [5.74, 6) is -0.173. The predicted octanol–water partition coefficient (Wildman–Crippen LogP) is 0.115. The van der Waals surface area contributed by atoms with Crippen LogP contribution < -0.4 is 21.1 Å². The lowest BCUT2D eigenvalue weighted by molar-refractivity contribution is -0.119. The molecule has 5 N–H and O–H groups in total. The van der Waals surface area contributed by atoms with Crippen LogP contribution in [0.1, 0.15) is 13.3 Å². The molecule has 1 amide bonds. The number of carbonyl (C=O) groups is 1. The van der Waals surface area contributed by atoms with Gasteiger partial charge in [0.15, 0.2) is 0 Å². The molecule has 0 aliphatic rings. The van der Waals surface area contributed by atoms with Crippen LogP contribution in [0.2, 0.25) is 0 Å². The highest BCUT2D eigenvalue weighted by molar-refractivity contribution is 7.89. The summed E-state index contributed by atoms with van der Waals surface area (Å²) in [4.78, 5) is 11.6. The zero-order valence-electron chi connectivity index (χ0n) is 11.6. The van der Waals surface area contributed by atoms with Crippen LogP contribution in [0.15, 0.2) is 23.1 Å². The fourth-order valence-electron chi connectivity index (χ4n) is 1.48. The van der Waals surface area contributed by atoms with E-state index >= 15 is 0 Å². The second-order valence-electron chi connectivity index (χ2n) is 4.16. The Balaban J connectivity index is 2.80. The van der Waals surface area contributed by atoms with Crippen molar-refractivity contribution in [2.24, 2.45) is 0 Å². The molecule has 0 radical (unpaired) electrons. The summed E-state index contributed by atoms with van der Waals surface area (Å²) in [7, 11) is -2.21. The van der Waals surface area contributed by atoms with E-state index in [1.165, 1.54) is 25.2 Å². The van der Waals surface area contributed by atoms with Crippen LogP contribution in [0.5, 0.6) is 0 Å². The first-order chi connectivity index (χ1) is 9.40. The zero-order valence-corrected chi connectivity index (χ0v) is 12.4. The molecule has 20 heavy (non-hydrogen) atoms. The Hall–Kier alpha value is -1.80. The largest absolute Gasteiger partial charge is 0.397 e. The number of amides is 1. The van der Waals surface area contributed by atoms with Crippen LogP contribution in [0, 0.1) is 0 Å². The molecule has 0 saturated heterocycles. The summed E-state index contributed by atoms with van der Waals surface area (Å²) in [6.07, 6.45) is 0.851.